The molecule has 12 N–H and O–H groups in total. The van der Waals surface area contributed by atoms with Crippen molar-refractivity contribution in [3.05, 3.63) is 0 Å². The first-order valence-electron chi connectivity index (χ1n) is 1.22. The maximum absolute atomic E-state index is 8.33. The largest absolute Gasteiger partial charge is 1.00 e. The van der Waals surface area contributed by atoms with Crippen molar-refractivity contribution in [2.24, 2.45) is 0 Å². The second-order valence-corrected chi connectivity index (χ2v) is 0.500. The zero-order valence-electron chi connectivity index (χ0n) is 10.4. The maximum Gasteiger partial charge on any atom is 1.00 e. The first kappa shape index (κ1) is 92.7. The topological polar surface area (TPSA) is 315 Å². The normalized spacial score (nSPS) is 2.67. The van der Waals surface area contributed by atoms with Gasteiger partial charge >= 0.3 is 206 Å². The Bertz CT molecular complexity index is 80.1. The predicted molar refractivity (Wildman–Crippen MR) is 32.5 cm³/mol. The van der Waals surface area contributed by atoms with Gasteiger partial charge in [0.1, 0.15) is 0 Å². The Morgan fingerprint density at radius 3 is 0.444 bits per heavy atom. The third-order valence-electron chi connectivity index (χ3n) is 0. The molecule has 0 radical (unpaired) electrons. The van der Waals surface area contributed by atoms with E-state index >= 15 is 0 Å². The van der Waals surface area contributed by atoms with Gasteiger partial charge in [0.2, 0.25) is 0 Å². The molecular formula is C2H12K4O12. The minimum atomic E-state index is -2.33. The molecule has 0 heterocycles. The first-order valence-corrected chi connectivity index (χ1v) is 1.22. The first-order chi connectivity index (χ1) is 3.46. The van der Waals surface area contributed by atoms with Gasteiger partial charge in [0, 0.05) is 0 Å². The van der Waals surface area contributed by atoms with Crippen molar-refractivity contribution in [3.8, 4) is 0 Å². The summed E-state index contributed by atoms with van der Waals surface area (Å²) in [7, 11) is 0. The zero-order valence-corrected chi connectivity index (χ0v) is 22.9. The van der Waals surface area contributed by atoms with E-state index in [1.165, 1.54) is 0 Å². The van der Waals surface area contributed by atoms with Crippen LogP contribution in [0, 0.1) is 0 Å². The third kappa shape index (κ3) is 350. The summed E-state index contributed by atoms with van der Waals surface area (Å²) in [6, 6.07) is 0. The number of hydrogen-bond donors (Lipinski definition) is 0. The Balaban J connectivity index is -0.00000000257. The molecule has 0 aliphatic heterocycles. The molecule has 0 fully saturated rings. The van der Waals surface area contributed by atoms with Crippen molar-refractivity contribution in [2.45, 2.75) is 0 Å². The molecule has 0 aliphatic rings. The summed E-state index contributed by atoms with van der Waals surface area (Å²) in [5, 5.41) is 33.3. The van der Waals surface area contributed by atoms with E-state index < -0.39 is 12.3 Å². The molecule has 0 aliphatic carbocycles. The van der Waals surface area contributed by atoms with Crippen LogP contribution in [0.4, 0.5) is 9.59 Å². The van der Waals surface area contributed by atoms with Gasteiger partial charge in [-0.15, -0.1) is 0 Å². The quantitative estimate of drug-likeness (QED) is 0.364. The smallest absolute Gasteiger partial charge is 0.652 e. The summed E-state index contributed by atoms with van der Waals surface area (Å²) >= 11 is 0. The monoisotopic (exact) mass is 384 g/mol. The molecule has 0 saturated heterocycles. The fourth-order valence-electron chi connectivity index (χ4n) is 0. The van der Waals surface area contributed by atoms with Crippen LogP contribution in [0.2, 0.25) is 0 Å². The minimum Gasteiger partial charge on any atom is -0.652 e. The molecule has 96 valence electrons. The SMILES string of the molecule is O.O.O.O.O.O.O=C([O-])[O-].O=C([O-])[O-].[K+].[K+].[K+].[K+]. The van der Waals surface area contributed by atoms with Crippen molar-refractivity contribution < 1.29 is 268 Å². The summed E-state index contributed by atoms with van der Waals surface area (Å²) in [4.78, 5) is 16.7. The van der Waals surface area contributed by atoms with Gasteiger partial charge in [-0.1, -0.05) is 0 Å². The van der Waals surface area contributed by atoms with E-state index in [0.29, 0.717) is 0 Å². The average Bonchev–Trinajstić information content (AvgIpc) is 1.25. The van der Waals surface area contributed by atoms with Crippen LogP contribution in [-0.2, 0) is 0 Å². The fraction of sp³-hybridized carbons (Fsp3) is 0. The number of rotatable bonds is 0. The molecule has 0 aromatic carbocycles. The van der Waals surface area contributed by atoms with E-state index in [1.54, 1.807) is 0 Å². The molecule has 0 aromatic rings. The van der Waals surface area contributed by atoms with Gasteiger partial charge < -0.3 is 62.9 Å². The molecule has 0 unspecified atom stereocenters. The molecule has 0 amide bonds. The predicted octanol–water partition coefficient (Wildman–Crippen LogP) is -21.8. The van der Waals surface area contributed by atoms with E-state index in [4.69, 9.17) is 30.0 Å². The van der Waals surface area contributed by atoms with Gasteiger partial charge in [0.15, 0.2) is 0 Å². The Labute approximate surface area is 272 Å². The molecule has 16 heteroatoms. The van der Waals surface area contributed by atoms with Crippen molar-refractivity contribution >= 4 is 12.3 Å². The minimum absolute atomic E-state index is 0. The van der Waals surface area contributed by atoms with E-state index in [1.807, 2.05) is 0 Å². The number of carbonyl (C=O) groups excluding carboxylic acids is 2. The molecule has 0 rings (SSSR count). The van der Waals surface area contributed by atoms with Gasteiger partial charge in [-0.25, -0.2) is 0 Å². The van der Waals surface area contributed by atoms with Crippen LogP contribution >= 0.6 is 0 Å². The van der Waals surface area contributed by atoms with Crippen molar-refractivity contribution in [1.82, 2.24) is 0 Å². The van der Waals surface area contributed by atoms with E-state index in [-0.39, 0.29) is 238 Å². The summed E-state index contributed by atoms with van der Waals surface area (Å²) in [6.45, 7) is 0. The van der Waals surface area contributed by atoms with Crippen LogP contribution in [0.15, 0.2) is 0 Å². The zero-order chi connectivity index (χ0) is 7.15. The number of carbonyl (C=O) groups is 2. The average molecular weight is 384 g/mol. The number of carboxylic acid groups (broad SMARTS) is 4. The third-order valence-corrected chi connectivity index (χ3v) is 0. The van der Waals surface area contributed by atoms with Gasteiger partial charge in [-0.2, -0.15) is 0 Å². The van der Waals surface area contributed by atoms with Crippen LogP contribution in [-0.4, -0.2) is 45.2 Å². The van der Waals surface area contributed by atoms with Crippen molar-refractivity contribution in [3.63, 3.8) is 0 Å². The van der Waals surface area contributed by atoms with Crippen LogP contribution in [0.3, 0.4) is 0 Å². The summed E-state index contributed by atoms with van der Waals surface area (Å²) in [5.74, 6) is 0. The van der Waals surface area contributed by atoms with Gasteiger partial charge in [0.05, 0.1) is 0 Å². The molecule has 0 spiro atoms. The van der Waals surface area contributed by atoms with Gasteiger partial charge in [0.25, 0.3) is 0 Å². The Morgan fingerprint density at radius 1 is 0.444 bits per heavy atom. The van der Waals surface area contributed by atoms with Crippen LogP contribution in [0.5, 0.6) is 0 Å². The molecule has 0 saturated carbocycles. The van der Waals surface area contributed by atoms with Crippen LogP contribution < -0.4 is 226 Å². The van der Waals surface area contributed by atoms with E-state index in [2.05, 4.69) is 0 Å². The van der Waals surface area contributed by atoms with Crippen LogP contribution in [0.1, 0.15) is 0 Å². The van der Waals surface area contributed by atoms with Crippen molar-refractivity contribution in [1.29, 1.82) is 0 Å². The fourth-order valence-corrected chi connectivity index (χ4v) is 0. The van der Waals surface area contributed by atoms with E-state index in [9.17, 15) is 0 Å². The summed E-state index contributed by atoms with van der Waals surface area (Å²) in [6.07, 6.45) is -4.67. The second-order valence-electron chi connectivity index (χ2n) is 0.500. The molecule has 0 atom stereocenters. The molecular weight excluding hydrogens is 372 g/mol. The van der Waals surface area contributed by atoms with Gasteiger partial charge in [-0.05, 0) is 12.3 Å². The molecule has 12 nitrogen and oxygen atoms in total. The summed E-state index contributed by atoms with van der Waals surface area (Å²) < 4.78 is 0. The summed E-state index contributed by atoms with van der Waals surface area (Å²) in [5.41, 5.74) is 0. The Hall–Kier alpha value is 4.85. The van der Waals surface area contributed by atoms with Crippen molar-refractivity contribution in [2.75, 3.05) is 0 Å². The second kappa shape index (κ2) is 80.7. The number of hydrogen-bond acceptors (Lipinski definition) is 6. The Kier molecular flexibility index (Phi) is 416. The standard InChI is InChI=1S/2CH2O3.4K.6H2O/c2*2-1(3)4;;;;;;;;;;/h2*(H2,2,3,4);;;;;6*1H2/q;;4*+1;;;;;;/p-4. The van der Waals surface area contributed by atoms with E-state index in [0.717, 1.165) is 0 Å². The molecule has 0 aromatic heterocycles. The maximum atomic E-state index is 8.33. The van der Waals surface area contributed by atoms with Crippen LogP contribution in [0.25, 0.3) is 0 Å². The Morgan fingerprint density at radius 2 is 0.444 bits per heavy atom. The molecule has 0 bridgehead atoms. The van der Waals surface area contributed by atoms with Gasteiger partial charge in [-0.3, -0.25) is 0 Å². The molecule has 18 heavy (non-hydrogen) atoms.